The number of esters is 1. The Kier molecular flexibility index (Phi) is 2.01. The molecule has 1 aliphatic rings. The highest BCUT2D eigenvalue weighted by molar-refractivity contribution is 7.89. The second kappa shape index (κ2) is 4.02. The van der Waals surface area contributed by atoms with Gasteiger partial charge in [-0.2, -0.15) is 0 Å². The second-order valence-corrected chi connectivity index (χ2v) is 5.21. The molecule has 1 N–H and O–H groups in total. The molecule has 1 aromatic rings. The summed E-state index contributed by atoms with van der Waals surface area (Å²) in [6.07, 6.45) is 0. The molecule has 96 valence electrons. The van der Waals surface area contributed by atoms with E-state index in [0.29, 0.717) is 0 Å². The van der Waals surface area contributed by atoms with E-state index in [9.17, 15) is 18.3 Å². The molecule has 2 rings (SSSR count). The number of hydrogen-bond acceptors (Lipinski definition) is 5. The summed E-state index contributed by atoms with van der Waals surface area (Å²) in [6.45, 7) is -3.19. The van der Waals surface area contributed by atoms with Crippen molar-refractivity contribution in [3.05, 3.63) is 35.5 Å². The summed E-state index contributed by atoms with van der Waals surface area (Å²) >= 11 is 0. The normalized spacial score (nSPS) is 20.5. The van der Waals surface area contributed by atoms with Crippen molar-refractivity contribution in [1.29, 1.82) is 0 Å². The Morgan fingerprint density at radius 3 is 2.72 bits per heavy atom. The Balaban J connectivity index is 2.89. The molecular weight excluding hydrogens is 258 g/mol. The third-order valence-corrected chi connectivity index (χ3v) is 4.04. The predicted octanol–water partition coefficient (Wildman–Crippen LogP) is 0.720. The number of ether oxygens (including phenoxy) is 1. The highest BCUT2D eigenvalue weighted by atomic mass is 32.2. The number of rotatable bonds is 1. The van der Waals surface area contributed by atoms with Crippen molar-refractivity contribution in [2.75, 3.05) is 14.1 Å². The van der Waals surface area contributed by atoms with Gasteiger partial charge < -0.3 is 9.84 Å². The number of likely N-dealkylation sites (N-methyl/N-ethyl adjacent to an activating group) is 1. The standard InChI is InChI=1S/C11H11NO5S/c1-12-9(11(14)17-2)10(13)7-5-3-4-6-8(7)18(12,15)16/h3-6,13H,1-2H3/i1T3. The summed E-state index contributed by atoms with van der Waals surface area (Å²) in [5.41, 5.74) is -1.09. The zero-order valence-corrected chi connectivity index (χ0v) is 10.1. The molecule has 18 heavy (non-hydrogen) atoms. The van der Waals surface area contributed by atoms with E-state index < -0.39 is 39.3 Å². The second-order valence-electron chi connectivity index (χ2n) is 3.45. The number of carbonyl (C=O) groups is 1. The van der Waals surface area contributed by atoms with Crippen molar-refractivity contribution in [3.63, 3.8) is 0 Å². The molecule has 7 heteroatoms. The third kappa shape index (κ3) is 1.55. The number of fused-ring (bicyclic) bond motifs is 1. The monoisotopic (exact) mass is 275 g/mol. The van der Waals surface area contributed by atoms with Gasteiger partial charge in [-0.25, -0.2) is 13.2 Å². The van der Waals surface area contributed by atoms with Gasteiger partial charge in [0.1, 0.15) is 0 Å². The van der Waals surface area contributed by atoms with Gasteiger partial charge in [0.2, 0.25) is 0 Å². The Hall–Kier alpha value is -2.02. The summed E-state index contributed by atoms with van der Waals surface area (Å²) in [5, 5.41) is 10.1. The zero-order chi connectivity index (χ0) is 16.0. The van der Waals surface area contributed by atoms with Gasteiger partial charge in [-0.1, -0.05) is 12.1 Å². The van der Waals surface area contributed by atoms with Crippen LogP contribution in [0.25, 0.3) is 5.76 Å². The Labute approximate surface area is 108 Å². The lowest BCUT2D eigenvalue weighted by Crippen LogP contribution is -2.35. The molecule has 0 fully saturated rings. The maximum absolute atomic E-state index is 12.4. The van der Waals surface area contributed by atoms with E-state index in [0.717, 1.165) is 13.2 Å². The Morgan fingerprint density at radius 2 is 2.11 bits per heavy atom. The molecule has 0 saturated carbocycles. The van der Waals surface area contributed by atoms with Crippen molar-refractivity contribution < 1.29 is 27.2 Å². The van der Waals surface area contributed by atoms with E-state index in [-0.39, 0.29) is 9.87 Å². The van der Waals surface area contributed by atoms with Crippen molar-refractivity contribution in [1.82, 2.24) is 4.31 Å². The van der Waals surface area contributed by atoms with Gasteiger partial charge in [0.15, 0.2) is 11.5 Å². The van der Waals surface area contributed by atoms with E-state index in [2.05, 4.69) is 4.74 Å². The van der Waals surface area contributed by atoms with Crippen LogP contribution in [0, 0.1) is 0 Å². The summed E-state index contributed by atoms with van der Waals surface area (Å²) in [6, 6.07) is 5.24. The molecule has 0 atom stereocenters. The number of carbonyl (C=O) groups excluding carboxylic acids is 1. The molecule has 1 heterocycles. The van der Waals surface area contributed by atoms with Crippen LogP contribution in [-0.4, -0.2) is 37.9 Å². The smallest absolute Gasteiger partial charge is 0.359 e. The number of methoxy groups -OCH3 is 1. The fraction of sp³-hybridized carbons (Fsp3) is 0.182. The van der Waals surface area contributed by atoms with Gasteiger partial charge in [-0.15, -0.1) is 0 Å². The van der Waals surface area contributed by atoms with Crippen LogP contribution in [0.15, 0.2) is 34.9 Å². The number of benzene rings is 1. The van der Waals surface area contributed by atoms with Crippen LogP contribution in [0.3, 0.4) is 0 Å². The molecule has 0 aromatic heterocycles. The Bertz CT molecular complexity index is 738. The number of hydrogen-bond donors (Lipinski definition) is 1. The van der Waals surface area contributed by atoms with Gasteiger partial charge >= 0.3 is 5.97 Å². The first kappa shape index (κ1) is 8.98. The molecule has 0 unspecified atom stereocenters. The lowest BCUT2D eigenvalue weighted by Gasteiger charge is -2.27. The number of nitrogens with zero attached hydrogens (tertiary/aromatic N) is 1. The average Bonchev–Trinajstić information content (AvgIpc) is 2.40. The van der Waals surface area contributed by atoms with Crippen molar-refractivity contribution >= 4 is 21.8 Å². The predicted molar refractivity (Wildman–Crippen MR) is 63.0 cm³/mol. The van der Waals surface area contributed by atoms with Gasteiger partial charge in [0, 0.05) is 16.7 Å². The minimum absolute atomic E-state index is 0.0938. The summed E-state index contributed by atoms with van der Waals surface area (Å²) < 4.78 is 51.2. The minimum atomic E-state index is -4.53. The molecule has 1 aromatic carbocycles. The molecule has 0 bridgehead atoms. The first-order chi connectivity index (χ1) is 9.62. The fourth-order valence-corrected chi connectivity index (χ4v) is 2.90. The van der Waals surface area contributed by atoms with Crippen molar-refractivity contribution in [3.8, 4) is 0 Å². The van der Waals surface area contributed by atoms with Gasteiger partial charge in [-0.3, -0.25) is 4.31 Å². The molecule has 0 amide bonds. The maximum atomic E-state index is 12.4. The van der Waals surface area contributed by atoms with E-state index in [1.54, 1.807) is 0 Å². The lowest BCUT2D eigenvalue weighted by molar-refractivity contribution is -0.137. The van der Waals surface area contributed by atoms with Crippen LogP contribution in [-0.2, 0) is 19.6 Å². The van der Waals surface area contributed by atoms with Gasteiger partial charge in [-0.05, 0) is 12.1 Å². The van der Waals surface area contributed by atoms with Gasteiger partial charge in [0.25, 0.3) is 10.0 Å². The molecule has 0 aliphatic carbocycles. The first-order valence-electron chi connectivity index (χ1n) is 6.28. The summed E-state index contributed by atoms with van der Waals surface area (Å²) in [5.74, 6) is -2.02. The van der Waals surface area contributed by atoms with E-state index in [1.807, 2.05) is 0 Å². The van der Waals surface area contributed by atoms with Crippen LogP contribution in [0.1, 0.15) is 9.68 Å². The third-order valence-electron chi connectivity index (χ3n) is 2.47. The lowest BCUT2D eigenvalue weighted by atomic mass is 10.1. The van der Waals surface area contributed by atoms with Gasteiger partial charge in [0.05, 0.1) is 12.0 Å². The van der Waals surface area contributed by atoms with E-state index in [1.165, 1.54) is 18.2 Å². The van der Waals surface area contributed by atoms with E-state index >= 15 is 0 Å². The van der Waals surface area contributed by atoms with Crippen molar-refractivity contribution in [2.24, 2.45) is 0 Å². The highest BCUT2D eigenvalue weighted by Crippen LogP contribution is 2.34. The zero-order valence-electron chi connectivity index (χ0n) is 12.2. The number of aliphatic hydroxyl groups is 1. The topological polar surface area (TPSA) is 83.9 Å². The quantitative estimate of drug-likeness (QED) is 0.763. The molecule has 0 saturated heterocycles. The SMILES string of the molecule is [3H]C([3H])([3H])N1C(C(=O)OC)=C(O)c2ccccc2S1(=O)=O. The average molecular weight is 275 g/mol. The fourth-order valence-electron chi connectivity index (χ4n) is 1.61. The number of sulfonamides is 1. The van der Waals surface area contributed by atoms with Crippen LogP contribution in [0.2, 0.25) is 0 Å². The molecule has 0 radical (unpaired) electrons. The van der Waals surface area contributed by atoms with E-state index in [4.69, 9.17) is 4.11 Å². The molecular formula is C11H11NO5S. The minimum Gasteiger partial charge on any atom is -0.505 e. The van der Waals surface area contributed by atoms with Crippen LogP contribution in [0.5, 0.6) is 0 Å². The van der Waals surface area contributed by atoms with Crippen LogP contribution in [0.4, 0.5) is 0 Å². The van der Waals surface area contributed by atoms with Crippen LogP contribution < -0.4 is 0 Å². The highest BCUT2D eigenvalue weighted by Gasteiger charge is 2.38. The van der Waals surface area contributed by atoms with Crippen molar-refractivity contribution in [2.45, 2.75) is 4.90 Å². The molecule has 6 nitrogen and oxygen atoms in total. The number of aliphatic hydroxyl groups excluding tert-OH is 1. The Morgan fingerprint density at radius 1 is 1.44 bits per heavy atom. The molecule has 0 spiro atoms. The molecule has 1 aliphatic heterocycles. The first-order valence-corrected chi connectivity index (χ1v) is 6.22. The largest absolute Gasteiger partial charge is 0.505 e. The maximum Gasteiger partial charge on any atom is 0.359 e. The summed E-state index contributed by atoms with van der Waals surface area (Å²) in [4.78, 5) is 11.3. The van der Waals surface area contributed by atoms with Crippen LogP contribution >= 0.6 is 0 Å². The summed E-state index contributed by atoms with van der Waals surface area (Å²) in [7, 11) is -3.57.